The summed E-state index contributed by atoms with van der Waals surface area (Å²) in [4.78, 5) is 58.2. The molecule has 0 aliphatic heterocycles. The van der Waals surface area contributed by atoms with E-state index >= 15 is 0 Å². The fraction of sp³-hybridized carbons (Fsp3) is 0.259. The van der Waals surface area contributed by atoms with Gasteiger partial charge in [-0.15, -0.1) is 0 Å². The third-order valence-electron chi connectivity index (χ3n) is 5.64. The number of hydrogen-bond donors (Lipinski definition) is 0. The Hall–Kier alpha value is -4.20. The SMILES string of the molecule is CC(=O)N(C=O)c1ccc(Cc2nc(C)c(Cc3cccc(N(C(C)=O)C(C)=O)c3)nc2C)cc1. The number of amides is 4. The largest absolute Gasteiger partial charge is 0.278 e. The predicted molar refractivity (Wildman–Crippen MR) is 133 cm³/mol. The van der Waals surface area contributed by atoms with Gasteiger partial charge in [0.15, 0.2) is 0 Å². The molecule has 0 N–H and O–H groups in total. The second-order valence-corrected chi connectivity index (χ2v) is 8.35. The third kappa shape index (κ3) is 6.03. The van der Waals surface area contributed by atoms with Gasteiger partial charge in [-0.05, 0) is 49.2 Å². The van der Waals surface area contributed by atoms with Crippen LogP contribution in [0.1, 0.15) is 54.7 Å². The quantitative estimate of drug-likeness (QED) is 0.486. The molecule has 0 aliphatic carbocycles. The second-order valence-electron chi connectivity index (χ2n) is 8.35. The molecule has 2 aromatic carbocycles. The van der Waals surface area contributed by atoms with Crippen LogP contribution in [0.4, 0.5) is 11.4 Å². The fourth-order valence-corrected chi connectivity index (χ4v) is 3.90. The van der Waals surface area contributed by atoms with Crippen LogP contribution in [0.25, 0.3) is 0 Å². The van der Waals surface area contributed by atoms with Crippen molar-refractivity contribution in [2.45, 2.75) is 47.5 Å². The molecule has 8 nitrogen and oxygen atoms in total. The number of hydrogen-bond acceptors (Lipinski definition) is 6. The smallest absolute Gasteiger partial charge is 0.230 e. The number of anilines is 2. The predicted octanol–water partition coefficient (Wildman–Crippen LogP) is 3.68. The summed E-state index contributed by atoms with van der Waals surface area (Å²) in [5, 5.41) is 0. The van der Waals surface area contributed by atoms with Gasteiger partial charge in [-0.3, -0.25) is 38.9 Å². The number of carbonyl (C=O) groups excluding carboxylic acids is 4. The molecule has 0 fully saturated rings. The van der Waals surface area contributed by atoms with E-state index in [9.17, 15) is 19.2 Å². The number of nitrogens with zero attached hydrogens (tertiary/aromatic N) is 4. The average Bonchev–Trinajstić information content (AvgIpc) is 2.78. The van der Waals surface area contributed by atoms with E-state index in [-0.39, 0.29) is 17.7 Å². The highest BCUT2D eigenvalue weighted by Crippen LogP contribution is 2.22. The van der Waals surface area contributed by atoms with E-state index in [0.29, 0.717) is 30.6 Å². The Labute approximate surface area is 204 Å². The average molecular weight is 473 g/mol. The molecule has 35 heavy (non-hydrogen) atoms. The molecule has 0 unspecified atom stereocenters. The van der Waals surface area contributed by atoms with Crippen LogP contribution in [0.15, 0.2) is 48.5 Å². The van der Waals surface area contributed by atoms with Gasteiger partial charge in [0.25, 0.3) is 0 Å². The number of aromatic nitrogens is 2. The second kappa shape index (κ2) is 10.8. The Balaban J connectivity index is 1.80. The summed E-state index contributed by atoms with van der Waals surface area (Å²) in [6.45, 7) is 7.88. The van der Waals surface area contributed by atoms with Crippen LogP contribution in [0.2, 0.25) is 0 Å². The summed E-state index contributed by atoms with van der Waals surface area (Å²) in [7, 11) is 0. The molecule has 0 saturated heterocycles. The molecular formula is C27H28N4O4. The van der Waals surface area contributed by atoms with E-state index < -0.39 is 0 Å². The summed E-state index contributed by atoms with van der Waals surface area (Å²) >= 11 is 0. The van der Waals surface area contributed by atoms with E-state index in [0.717, 1.165) is 43.7 Å². The van der Waals surface area contributed by atoms with Crippen LogP contribution in [-0.2, 0) is 32.0 Å². The zero-order valence-corrected chi connectivity index (χ0v) is 20.5. The van der Waals surface area contributed by atoms with Crippen molar-refractivity contribution in [3.05, 3.63) is 82.4 Å². The molecular weight excluding hydrogens is 444 g/mol. The summed E-state index contributed by atoms with van der Waals surface area (Å²) in [6.07, 6.45) is 1.57. The van der Waals surface area contributed by atoms with Crippen molar-refractivity contribution in [2.75, 3.05) is 9.80 Å². The van der Waals surface area contributed by atoms with Crippen molar-refractivity contribution in [1.29, 1.82) is 0 Å². The van der Waals surface area contributed by atoms with E-state index in [2.05, 4.69) is 0 Å². The summed E-state index contributed by atoms with van der Waals surface area (Å²) in [5.41, 5.74) is 6.20. The first-order valence-corrected chi connectivity index (χ1v) is 11.2. The molecule has 0 saturated carbocycles. The Bertz CT molecular complexity index is 1270. The van der Waals surface area contributed by atoms with Crippen LogP contribution in [0.5, 0.6) is 0 Å². The highest BCUT2D eigenvalue weighted by molar-refractivity contribution is 6.13. The topological polar surface area (TPSA) is 101 Å². The Kier molecular flexibility index (Phi) is 7.86. The van der Waals surface area contributed by atoms with Crippen LogP contribution in [0, 0.1) is 13.8 Å². The minimum absolute atomic E-state index is 0.334. The lowest BCUT2D eigenvalue weighted by atomic mass is 10.0. The minimum atomic E-state index is -0.346. The maximum atomic E-state index is 11.9. The lowest BCUT2D eigenvalue weighted by molar-refractivity contribution is -0.124. The van der Waals surface area contributed by atoms with Crippen LogP contribution < -0.4 is 9.80 Å². The van der Waals surface area contributed by atoms with Crippen molar-refractivity contribution in [2.24, 2.45) is 0 Å². The Morgan fingerprint density at radius 3 is 1.77 bits per heavy atom. The van der Waals surface area contributed by atoms with Gasteiger partial charge >= 0.3 is 0 Å². The van der Waals surface area contributed by atoms with Crippen LogP contribution in [-0.4, -0.2) is 34.1 Å². The lowest BCUT2D eigenvalue weighted by Gasteiger charge is -2.18. The van der Waals surface area contributed by atoms with Gasteiger partial charge in [0.2, 0.25) is 24.1 Å². The minimum Gasteiger partial charge on any atom is -0.278 e. The standard InChI is InChI=1S/C27H28N4O4/c1-17-26(14-22-9-11-24(12-10-22)30(16-32)19(3)33)28-18(2)27(29-17)15-23-7-6-8-25(13-23)31(20(4)34)21(5)35/h6-13,16H,14-15H2,1-5H3. The van der Waals surface area contributed by atoms with Gasteiger partial charge in [0.1, 0.15) is 0 Å². The number of carbonyl (C=O) groups is 4. The Morgan fingerprint density at radius 2 is 1.29 bits per heavy atom. The normalized spacial score (nSPS) is 10.5. The molecule has 0 bridgehead atoms. The van der Waals surface area contributed by atoms with Gasteiger partial charge < -0.3 is 0 Å². The molecule has 4 amide bonds. The number of rotatable bonds is 7. The highest BCUT2D eigenvalue weighted by Gasteiger charge is 2.17. The van der Waals surface area contributed by atoms with Crippen molar-refractivity contribution >= 4 is 35.5 Å². The first kappa shape index (κ1) is 25.4. The molecule has 1 aromatic heterocycles. The Morgan fingerprint density at radius 1 is 0.743 bits per heavy atom. The van der Waals surface area contributed by atoms with Crippen LogP contribution in [0.3, 0.4) is 0 Å². The van der Waals surface area contributed by atoms with Gasteiger partial charge in [0, 0.05) is 33.6 Å². The van der Waals surface area contributed by atoms with Crippen molar-refractivity contribution < 1.29 is 19.2 Å². The van der Waals surface area contributed by atoms with Gasteiger partial charge in [-0.2, -0.15) is 0 Å². The summed E-state index contributed by atoms with van der Waals surface area (Å²) in [6, 6.07) is 14.5. The van der Waals surface area contributed by atoms with Crippen molar-refractivity contribution in [3.63, 3.8) is 0 Å². The van der Waals surface area contributed by atoms with Crippen molar-refractivity contribution in [3.8, 4) is 0 Å². The molecule has 0 spiro atoms. The lowest BCUT2D eigenvalue weighted by Crippen LogP contribution is -2.33. The van der Waals surface area contributed by atoms with Crippen LogP contribution >= 0.6 is 0 Å². The fourth-order valence-electron chi connectivity index (χ4n) is 3.90. The molecule has 180 valence electrons. The van der Waals surface area contributed by atoms with Gasteiger partial charge in [0.05, 0.1) is 34.2 Å². The van der Waals surface area contributed by atoms with Crippen molar-refractivity contribution in [1.82, 2.24) is 9.97 Å². The first-order chi connectivity index (χ1) is 16.6. The zero-order chi connectivity index (χ0) is 25.7. The van der Waals surface area contributed by atoms with E-state index in [1.54, 1.807) is 18.2 Å². The molecule has 1 heterocycles. The van der Waals surface area contributed by atoms with E-state index in [4.69, 9.17) is 9.97 Å². The molecule has 3 rings (SSSR count). The van der Waals surface area contributed by atoms with E-state index in [1.165, 1.54) is 20.8 Å². The molecule has 3 aromatic rings. The zero-order valence-electron chi connectivity index (χ0n) is 20.5. The molecule has 0 atom stereocenters. The number of aryl methyl sites for hydroxylation is 2. The molecule has 0 radical (unpaired) electrons. The summed E-state index contributed by atoms with van der Waals surface area (Å²) in [5.74, 6) is -1.01. The third-order valence-corrected chi connectivity index (χ3v) is 5.64. The monoisotopic (exact) mass is 472 g/mol. The van der Waals surface area contributed by atoms with Gasteiger partial charge in [-0.25, -0.2) is 0 Å². The van der Waals surface area contributed by atoms with E-state index in [1.807, 2.05) is 44.2 Å². The maximum absolute atomic E-state index is 11.9. The number of imide groups is 2. The molecule has 0 aliphatic rings. The van der Waals surface area contributed by atoms with Gasteiger partial charge in [-0.1, -0.05) is 24.3 Å². The molecule has 8 heteroatoms. The summed E-state index contributed by atoms with van der Waals surface area (Å²) < 4.78 is 0. The number of benzene rings is 2. The highest BCUT2D eigenvalue weighted by atomic mass is 16.2. The first-order valence-electron chi connectivity index (χ1n) is 11.2. The maximum Gasteiger partial charge on any atom is 0.230 e.